The summed E-state index contributed by atoms with van der Waals surface area (Å²) in [5.41, 5.74) is 2.23. The van der Waals surface area contributed by atoms with Gasteiger partial charge in [-0.2, -0.15) is 13.2 Å². The smallest absolute Gasteiger partial charge is 0.171 e. The molecule has 0 aromatic heterocycles. The first-order chi connectivity index (χ1) is 10.0. The summed E-state index contributed by atoms with van der Waals surface area (Å²) in [6.07, 6.45) is -3.28. The predicted molar refractivity (Wildman–Crippen MR) is 79.9 cm³/mol. The van der Waals surface area contributed by atoms with Gasteiger partial charge in [-0.15, -0.1) is 0 Å². The molecule has 1 unspecified atom stereocenters. The fourth-order valence-corrected chi connectivity index (χ4v) is 2.52. The highest BCUT2D eigenvalue weighted by Gasteiger charge is 2.34. The quantitative estimate of drug-likeness (QED) is 0.665. The van der Waals surface area contributed by atoms with E-state index >= 15 is 0 Å². The van der Waals surface area contributed by atoms with Gasteiger partial charge < -0.3 is 0 Å². The molecule has 0 radical (unpaired) electrons. The average Bonchev–Trinajstić information content (AvgIpc) is 2.48. The van der Waals surface area contributed by atoms with E-state index in [0.29, 0.717) is 11.1 Å². The minimum absolute atomic E-state index is 0.682. The zero-order chi connectivity index (χ0) is 15.3. The Labute approximate surface area is 122 Å². The normalized spacial score (nSPS) is 14.0. The van der Waals surface area contributed by atoms with Crippen LogP contribution in [0.4, 0.5) is 13.2 Å². The number of allylic oxidation sites excluding steroid dienone is 2. The number of halogens is 3. The lowest BCUT2D eigenvalue weighted by Crippen LogP contribution is -2.15. The van der Waals surface area contributed by atoms with Gasteiger partial charge in [0.15, 0.2) is 0 Å². The van der Waals surface area contributed by atoms with E-state index < -0.39 is 18.5 Å². The highest BCUT2D eigenvalue weighted by molar-refractivity contribution is 5.71. The highest BCUT2D eigenvalue weighted by Crippen LogP contribution is 2.40. The molecule has 1 atom stereocenters. The lowest BCUT2D eigenvalue weighted by atomic mass is 9.84. The number of hydrogen-bond acceptors (Lipinski definition) is 0. The van der Waals surface area contributed by atoms with Crippen molar-refractivity contribution < 1.29 is 13.2 Å². The largest absolute Gasteiger partial charge is 0.390 e. The van der Waals surface area contributed by atoms with Crippen LogP contribution in [-0.2, 0) is 0 Å². The summed E-state index contributed by atoms with van der Waals surface area (Å²) in [5, 5.41) is 0. The van der Waals surface area contributed by atoms with Gasteiger partial charge in [-0.1, -0.05) is 66.7 Å². The summed E-state index contributed by atoms with van der Waals surface area (Å²) in [6, 6.07) is 18.1. The molecule has 0 fully saturated rings. The molecule has 110 valence electrons. The van der Waals surface area contributed by atoms with Crippen molar-refractivity contribution in [1.82, 2.24) is 0 Å². The predicted octanol–water partition coefficient (Wildman–Crippen LogP) is 5.83. The first-order valence-electron chi connectivity index (χ1n) is 6.84. The minimum Gasteiger partial charge on any atom is -0.171 e. The van der Waals surface area contributed by atoms with Crippen molar-refractivity contribution in [2.45, 2.75) is 25.4 Å². The highest BCUT2D eigenvalue weighted by atomic mass is 19.4. The summed E-state index contributed by atoms with van der Waals surface area (Å²) in [6.45, 7) is 1.79. The van der Waals surface area contributed by atoms with Gasteiger partial charge in [-0.3, -0.25) is 0 Å². The van der Waals surface area contributed by atoms with Crippen molar-refractivity contribution in [1.29, 1.82) is 0 Å². The zero-order valence-corrected chi connectivity index (χ0v) is 11.8. The van der Waals surface area contributed by atoms with Crippen molar-refractivity contribution >= 4 is 5.57 Å². The standard InChI is InChI=1S/C18H17F3/c1-2-16(14-9-5-3-6-10-14)17(13-18(19,20)21)15-11-7-4-8-12-15/h2-12,17H,13H2,1H3/b16-2+. The second-order valence-electron chi connectivity index (χ2n) is 4.89. The van der Waals surface area contributed by atoms with E-state index in [9.17, 15) is 13.2 Å². The molecule has 0 saturated heterocycles. The molecule has 0 aliphatic heterocycles. The Hall–Kier alpha value is -2.03. The lowest BCUT2D eigenvalue weighted by molar-refractivity contribution is -0.136. The Bertz CT molecular complexity index is 583. The van der Waals surface area contributed by atoms with E-state index in [4.69, 9.17) is 0 Å². The van der Waals surface area contributed by atoms with Crippen LogP contribution >= 0.6 is 0 Å². The molecule has 0 saturated carbocycles. The average molecular weight is 290 g/mol. The third kappa shape index (κ3) is 4.22. The number of benzene rings is 2. The molecule has 0 aliphatic carbocycles. The summed E-state index contributed by atoms with van der Waals surface area (Å²) in [4.78, 5) is 0. The van der Waals surface area contributed by atoms with E-state index in [1.807, 2.05) is 36.4 Å². The molecule has 2 aromatic rings. The molecule has 2 rings (SSSR count). The van der Waals surface area contributed by atoms with Gasteiger partial charge in [0.2, 0.25) is 0 Å². The van der Waals surface area contributed by atoms with Crippen molar-refractivity contribution in [3.63, 3.8) is 0 Å². The van der Waals surface area contributed by atoms with Gasteiger partial charge in [-0.05, 0) is 23.6 Å². The van der Waals surface area contributed by atoms with E-state index in [-0.39, 0.29) is 0 Å². The molecular formula is C18H17F3. The van der Waals surface area contributed by atoms with Gasteiger partial charge in [0.25, 0.3) is 0 Å². The van der Waals surface area contributed by atoms with Crippen LogP contribution in [0.15, 0.2) is 66.7 Å². The van der Waals surface area contributed by atoms with Crippen LogP contribution in [0.5, 0.6) is 0 Å². The molecule has 2 aromatic carbocycles. The molecule has 0 spiro atoms. The summed E-state index contributed by atoms with van der Waals surface area (Å²) < 4.78 is 38.9. The van der Waals surface area contributed by atoms with Crippen LogP contribution in [0, 0.1) is 0 Å². The molecule has 0 N–H and O–H groups in total. The van der Waals surface area contributed by atoms with Crippen LogP contribution in [-0.4, -0.2) is 6.18 Å². The van der Waals surface area contributed by atoms with Crippen LogP contribution in [0.2, 0.25) is 0 Å². The van der Waals surface area contributed by atoms with Crippen molar-refractivity contribution in [3.8, 4) is 0 Å². The first-order valence-corrected chi connectivity index (χ1v) is 6.84. The number of hydrogen-bond donors (Lipinski definition) is 0. The summed E-state index contributed by atoms with van der Waals surface area (Å²) in [7, 11) is 0. The maximum atomic E-state index is 13.0. The summed E-state index contributed by atoms with van der Waals surface area (Å²) in [5.74, 6) is -0.682. The fraction of sp³-hybridized carbons (Fsp3) is 0.222. The maximum Gasteiger partial charge on any atom is 0.390 e. The van der Waals surface area contributed by atoms with E-state index in [0.717, 1.165) is 5.56 Å². The van der Waals surface area contributed by atoms with Gasteiger partial charge >= 0.3 is 6.18 Å². The molecule has 3 heteroatoms. The Morgan fingerprint density at radius 2 is 1.48 bits per heavy atom. The third-order valence-electron chi connectivity index (χ3n) is 3.43. The molecule has 0 amide bonds. The Morgan fingerprint density at radius 1 is 0.952 bits per heavy atom. The Morgan fingerprint density at radius 3 is 1.95 bits per heavy atom. The van der Waals surface area contributed by atoms with Crippen molar-refractivity contribution in [2.75, 3.05) is 0 Å². The monoisotopic (exact) mass is 290 g/mol. The molecule has 0 bridgehead atoms. The number of rotatable bonds is 4. The van der Waals surface area contributed by atoms with Crippen LogP contribution in [0.25, 0.3) is 5.57 Å². The molecule has 0 nitrogen and oxygen atoms in total. The van der Waals surface area contributed by atoms with Crippen LogP contribution in [0.3, 0.4) is 0 Å². The molecule has 0 heterocycles. The lowest BCUT2D eigenvalue weighted by Gasteiger charge is -2.23. The van der Waals surface area contributed by atoms with Crippen LogP contribution in [0.1, 0.15) is 30.4 Å². The first kappa shape index (κ1) is 15.4. The van der Waals surface area contributed by atoms with Crippen molar-refractivity contribution in [3.05, 3.63) is 77.9 Å². The zero-order valence-electron chi connectivity index (χ0n) is 11.8. The number of alkyl halides is 3. The van der Waals surface area contributed by atoms with E-state index in [1.165, 1.54) is 0 Å². The van der Waals surface area contributed by atoms with Crippen LogP contribution < -0.4 is 0 Å². The van der Waals surface area contributed by atoms with Gasteiger partial charge in [0, 0.05) is 5.92 Å². The molecule has 21 heavy (non-hydrogen) atoms. The molecular weight excluding hydrogens is 273 g/mol. The SMILES string of the molecule is C/C=C(\c1ccccc1)C(CC(F)(F)F)c1ccccc1. The van der Waals surface area contributed by atoms with Gasteiger partial charge in [-0.25, -0.2) is 0 Å². The van der Waals surface area contributed by atoms with E-state index in [1.54, 1.807) is 37.3 Å². The Balaban J connectivity index is 2.44. The summed E-state index contributed by atoms with van der Waals surface area (Å²) >= 11 is 0. The van der Waals surface area contributed by atoms with E-state index in [2.05, 4.69) is 0 Å². The third-order valence-corrected chi connectivity index (χ3v) is 3.43. The minimum atomic E-state index is -4.20. The second-order valence-corrected chi connectivity index (χ2v) is 4.89. The van der Waals surface area contributed by atoms with Gasteiger partial charge in [0.1, 0.15) is 0 Å². The topological polar surface area (TPSA) is 0 Å². The van der Waals surface area contributed by atoms with Gasteiger partial charge in [0.05, 0.1) is 6.42 Å². The Kier molecular flexibility index (Phi) is 4.84. The second kappa shape index (κ2) is 6.61. The maximum absolute atomic E-state index is 13.0. The fourth-order valence-electron chi connectivity index (χ4n) is 2.52. The molecule has 0 aliphatic rings. The van der Waals surface area contributed by atoms with Crippen molar-refractivity contribution in [2.24, 2.45) is 0 Å².